The fourth-order valence-corrected chi connectivity index (χ4v) is 6.52. The van der Waals surface area contributed by atoms with Crippen LogP contribution in [0.5, 0.6) is 0 Å². The Labute approximate surface area is 236 Å². The lowest BCUT2D eigenvalue weighted by atomic mass is 9.65. The van der Waals surface area contributed by atoms with Gasteiger partial charge in [0.15, 0.2) is 10.8 Å². The summed E-state index contributed by atoms with van der Waals surface area (Å²) in [4.78, 5) is 20.0. The third-order valence-corrected chi connectivity index (χ3v) is 8.73. The summed E-state index contributed by atoms with van der Waals surface area (Å²) < 4.78 is 57.9. The van der Waals surface area contributed by atoms with Crippen LogP contribution < -0.4 is 0 Å². The van der Waals surface area contributed by atoms with Gasteiger partial charge in [-0.2, -0.15) is 28.2 Å². The van der Waals surface area contributed by atoms with E-state index in [0.717, 1.165) is 48.0 Å². The zero-order valence-electron chi connectivity index (χ0n) is 21.6. The van der Waals surface area contributed by atoms with E-state index in [-0.39, 0.29) is 24.5 Å². The number of halogens is 4. The van der Waals surface area contributed by atoms with Crippen LogP contribution in [-0.4, -0.2) is 52.9 Å². The van der Waals surface area contributed by atoms with Crippen LogP contribution in [0.4, 0.5) is 17.6 Å². The Morgan fingerprint density at radius 3 is 2.63 bits per heavy atom. The Morgan fingerprint density at radius 2 is 1.88 bits per heavy atom. The molecule has 2 aliphatic carbocycles. The maximum atomic E-state index is 14.3. The normalized spacial score (nSPS) is 20.8. The molecule has 0 bridgehead atoms. The van der Waals surface area contributed by atoms with E-state index in [0.29, 0.717) is 29.7 Å². The number of aromatic nitrogens is 6. The molecule has 0 radical (unpaired) electrons. The van der Waals surface area contributed by atoms with Gasteiger partial charge in [-0.15, -0.1) is 5.10 Å². The van der Waals surface area contributed by atoms with Crippen molar-refractivity contribution < 1.29 is 22.4 Å². The van der Waals surface area contributed by atoms with Crippen molar-refractivity contribution in [3.8, 4) is 5.69 Å². The molecule has 3 aromatic heterocycles. The highest BCUT2D eigenvalue weighted by Gasteiger charge is 2.50. The minimum absolute atomic E-state index is 0.230. The predicted octanol–water partition coefficient (Wildman–Crippen LogP) is 5.57. The van der Waals surface area contributed by atoms with Gasteiger partial charge in [0.1, 0.15) is 11.5 Å². The number of carbonyl (C=O) groups is 1. The summed E-state index contributed by atoms with van der Waals surface area (Å²) in [5.74, 6) is -0.838. The molecule has 0 N–H and O–H groups in total. The highest BCUT2D eigenvalue weighted by Crippen LogP contribution is 2.48. The molecule has 3 aliphatic rings. The molecule has 1 saturated heterocycles. The van der Waals surface area contributed by atoms with Gasteiger partial charge in [-0.25, -0.2) is 13.4 Å². The van der Waals surface area contributed by atoms with Crippen LogP contribution in [-0.2, 0) is 12.6 Å². The summed E-state index contributed by atoms with van der Waals surface area (Å²) in [5, 5.41) is 14.1. The van der Waals surface area contributed by atoms with Crippen LogP contribution in [0.1, 0.15) is 52.6 Å². The standard InChI is InChI=1S/C28H23F4N7OS/c29-20-1-3-21(4-2-20)38-24-12-18-8-10-37(41-25-15-35-39(36-25)22-5-6-22)16-27(18,13-17(24)14-34-38)26(40)23-11-19(7-9-33-23)28(30,31)32/h1-4,7,9,11-12,14-15,22H,5-6,8,10,13,16H2/t27-/m0/s1. The smallest absolute Gasteiger partial charge is 0.291 e. The number of Topliss-reactive ketones (excluding diaryl/α,β-unsaturated/α-hetero) is 1. The Balaban J connectivity index is 1.27. The average molecular weight is 582 g/mol. The number of carbonyl (C=O) groups excluding carboxylic acids is 1. The van der Waals surface area contributed by atoms with Crippen molar-refractivity contribution in [2.75, 3.05) is 13.1 Å². The molecule has 210 valence electrons. The predicted molar refractivity (Wildman–Crippen MR) is 142 cm³/mol. The molecule has 1 atom stereocenters. The molecule has 7 rings (SSSR count). The van der Waals surface area contributed by atoms with Gasteiger partial charge in [-0.3, -0.25) is 9.78 Å². The summed E-state index contributed by atoms with van der Waals surface area (Å²) >= 11 is 1.39. The van der Waals surface area contributed by atoms with Gasteiger partial charge in [0.25, 0.3) is 0 Å². The van der Waals surface area contributed by atoms with Gasteiger partial charge >= 0.3 is 6.18 Å². The number of piperidine rings is 1. The van der Waals surface area contributed by atoms with Crippen molar-refractivity contribution in [3.05, 3.63) is 88.9 Å². The van der Waals surface area contributed by atoms with Gasteiger partial charge in [-0.1, -0.05) is 5.57 Å². The number of alkyl halides is 3. The molecular formula is C28H23F4N7OS. The van der Waals surface area contributed by atoms with E-state index in [1.807, 2.05) is 10.4 Å². The second-order valence-corrected chi connectivity index (χ2v) is 11.7. The Hall–Kier alpha value is -3.84. The third kappa shape index (κ3) is 4.76. The van der Waals surface area contributed by atoms with Crippen molar-refractivity contribution in [1.29, 1.82) is 0 Å². The topological polar surface area (TPSA) is 81.7 Å². The summed E-state index contributed by atoms with van der Waals surface area (Å²) in [6.45, 7) is 0.843. The van der Waals surface area contributed by atoms with E-state index < -0.39 is 22.9 Å². The molecule has 1 saturated carbocycles. The Kier molecular flexibility index (Phi) is 6.12. The number of hydrogen-bond donors (Lipinski definition) is 0. The second kappa shape index (κ2) is 9.62. The number of hydrogen-bond acceptors (Lipinski definition) is 7. The van der Waals surface area contributed by atoms with Gasteiger partial charge in [0.05, 0.1) is 40.8 Å². The molecule has 4 aromatic rings. The van der Waals surface area contributed by atoms with E-state index in [9.17, 15) is 22.4 Å². The summed E-state index contributed by atoms with van der Waals surface area (Å²) in [6, 6.07) is 7.96. The molecule has 0 unspecified atom stereocenters. The van der Waals surface area contributed by atoms with Crippen LogP contribution in [0.25, 0.3) is 11.8 Å². The summed E-state index contributed by atoms with van der Waals surface area (Å²) in [6.07, 6.45) is 4.52. The Morgan fingerprint density at radius 1 is 1.07 bits per heavy atom. The molecule has 8 nitrogen and oxygen atoms in total. The first-order chi connectivity index (χ1) is 19.7. The largest absolute Gasteiger partial charge is 0.416 e. The maximum Gasteiger partial charge on any atom is 0.416 e. The van der Waals surface area contributed by atoms with E-state index >= 15 is 0 Å². The zero-order chi connectivity index (χ0) is 28.4. The fourth-order valence-electron chi connectivity index (χ4n) is 5.57. The number of nitrogens with zero attached hydrogens (tertiary/aromatic N) is 7. The van der Waals surface area contributed by atoms with Crippen molar-refractivity contribution in [1.82, 2.24) is 34.1 Å². The Bertz CT molecular complexity index is 1680. The number of pyridine rings is 1. The van der Waals surface area contributed by atoms with Gasteiger partial charge in [0, 0.05) is 19.3 Å². The maximum absolute atomic E-state index is 14.3. The van der Waals surface area contributed by atoms with Crippen LogP contribution in [0, 0.1) is 11.2 Å². The molecule has 41 heavy (non-hydrogen) atoms. The van der Waals surface area contributed by atoms with Crippen molar-refractivity contribution in [2.24, 2.45) is 5.41 Å². The summed E-state index contributed by atoms with van der Waals surface area (Å²) in [7, 11) is 0. The van der Waals surface area contributed by atoms with Crippen LogP contribution >= 0.6 is 11.9 Å². The second-order valence-electron chi connectivity index (χ2n) is 10.6. The molecule has 2 fully saturated rings. The number of fused-ring (bicyclic) bond motifs is 2. The highest BCUT2D eigenvalue weighted by molar-refractivity contribution is 7.97. The minimum Gasteiger partial charge on any atom is -0.291 e. The van der Waals surface area contributed by atoms with Crippen LogP contribution in [0.3, 0.4) is 0 Å². The fraction of sp³-hybridized carbons (Fsp3) is 0.321. The lowest BCUT2D eigenvalue weighted by molar-refractivity contribution is -0.137. The van der Waals surface area contributed by atoms with E-state index in [1.165, 1.54) is 24.1 Å². The van der Waals surface area contributed by atoms with E-state index in [2.05, 4.69) is 20.3 Å². The SMILES string of the molecule is O=C(c1cc(C(F)(F)F)ccn1)[C@]12Cc3cnn(-c4ccc(F)cc4)c3C=C1CCN(Sc1cnn(C3CC3)n1)C2. The molecule has 1 aromatic carbocycles. The van der Waals surface area contributed by atoms with Crippen LogP contribution in [0.15, 0.2) is 65.6 Å². The van der Waals surface area contributed by atoms with Crippen molar-refractivity contribution in [2.45, 2.75) is 42.9 Å². The van der Waals surface area contributed by atoms with E-state index in [4.69, 9.17) is 0 Å². The van der Waals surface area contributed by atoms with Gasteiger partial charge in [-0.05, 0) is 85.7 Å². The number of rotatable bonds is 6. The van der Waals surface area contributed by atoms with Crippen molar-refractivity contribution >= 4 is 23.8 Å². The third-order valence-electron chi connectivity index (χ3n) is 7.79. The lowest BCUT2D eigenvalue weighted by Crippen LogP contribution is -2.49. The molecule has 0 spiro atoms. The molecule has 13 heteroatoms. The molecule has 0 amide bonds. The summed E-state index contributed by atoms with van der Waals surface area (Å²) in [5.41, 5.74) is 0.693. The average Bonchev–Trinajstić information content (AvgIpc) is 3.58. The minimum atomic E-state index is -4.60. The lowest BCUT2D eigenvalue weighted by Gasteiger charge is -2.44. The quantitative estimate of drug-likeness (QED) is 0.167. The zero-order valence-corrected chi connectivity index (χ0v) is 22.4. The molecule has 1 aliphatic heterocycles. The number of ketones is 1. The first kappa shape index (κ1) is 26.1. The molecule has 4 heterocycles. The first-order valence-electron chi connectivity index (χ1n) is 13.2. The van der Waals surface area contributed by atoms with Gasteiger partial charge < -0.3 is 0 Å². The van der Waals surface area contributed by atoms with Crippen LogP contribution in [0.2, 0.25) is 0 Å². The van der Waals surface area contributed by atoms with Gasteiger partial charge in [0.2, 0.25) is 0 Å². The monoisotopic (exact) mass is 581 g/mol. The molecular weight excluding hydrogens is 558 g/mol. The first-order valence-corrected chi connectivity index (χ1v) is 13.9. The van der Waals surface area contributed by atoms with Crippen molar-refractivity contribution in [3.63, 3.8) is 0 Å². The highest BCUT2D eigenvalue weighted by atomic mass is 32.2. The van der Waals surface area contributed by atoms with E-state index in [1.54, 1.807) is 34.0 Å². The number of benzene rings is 1.